The summed E-state index contributed by atoms with van der Waals surface area (Å²) in [7, 11) is 1.80. The fraction of sp³-hybridized carbons (Fsp3) is 0.533. The van der Waals surface area contributed by atoms with Crippen molar-refractivity contribution in [1.82, 2.24) is 4.90 Å². The van der Waals surface area contributed by atoms with E-state index in [0.717, 1.165) is 23.5 Å². The van der Waals surface area contributed by atoms with E-state index in [2.05, 4.69) is 0 Å². The molecule has 1 heterocycles. The number of carbonyl (C=O) groups excluding carboxylic acids is 1. The largest absolute Gasteiger partial charge is 0.454 e. The van der Waals surface area contributed by atoms with Gasteiger partial charge in [0.2, 0.25) is 12.7 Å². The van der Waals surface area contributed by atoms with Crippen molar-refractivity contribution in [3.8, 4) is 11.5 Å². The molecule has 0 fully saturated rings. The molecule has 1 aromatic carbocycles. The van der Waals surface area contributed by atoms with Gasteiger partial charge in [-0.2, -0.15) is 0 Å². The van der Waals surface area contributed by atoms with E-state index >= 15 is 0 Å². The van der Waals surface area contributed by atoms with Crippen LogP contribution in [0.4, 0.5) is 0 Å². The maximum atomic E-state index is 12.0. The molecule has 1 aliphatic rings. The Balaban J connectivity index is 2.00. The van der Waals surface area contributed by atoms with Gasteiger partial charge in [0, 0.05) is 13.1 Å². The first-order valence-electron chi connectivity index (χ1n) is 6.93. The van der Waals surface area contributed by atoms with Gasteiger partial charge >= 0.3 is 0 Å². The Hall–Kier alpha value is -1.75. The maximum Gasteiger partial charge on any atom is 0.239 e. The van der Waals surface area contributed by atoms with Crippen molar-refractivity contribution in [3.63, 3.8) is 0 Å². The molecule has 0 radical (unpaired) electrons. The molecule has 1 amide bonds. The molecule has 5 nitrogen and oxygen atoms in total. The number of hydrogen-bond donors (Lipinski definition) is 1. The lowest BCUT2D eigenvalue weighted by Gasteiger charge is -2.27. The minimum atomic E-state index is -0.417. The summed E-state index contributed by atoms with van der Waals surface area (Å²) in [6, 6.07) is 5.54. The average molecular weight is 278 g/mol. The molecule has 5 heteroatoms. The summed E-state index contributed by atoms with van der Waals surface area (Å²) >= 11 is 0. The third-order valence-corrected chi connectivity index (χ3v) is 3.73. The zero-order chi connectivity index (χ0) is 14.7. The van der Waals surface area contributed by atoms with E-state index in [-0.39, 0.29) is 18.7 Å². The number of carbonyl (C=O) groups is 1. The monoisotopic (exact) mass is 278 g/mol. The van der Waals surface area contributed by atoms with Crippen molar-refractivity contribution < 1.29 is 14.3 Å². The summed E-state index contributed by atoms with van der Waals surface area (Å²) in [5.74, 6) is 1.54. The molecule has 0 saturated heterocycles. The molecule has 1 aliphatic heterocycles. The van der Waals surface area contributed by atoms with Crippen LogP contribution in [0.2, 0.25) is 0 Å². The lowest BCUT2D eigenvalue weighted by atomic mass is 10.0. The van der Waals surface area contributed by atoms with E-state index in [9.17, 15) is 4.79 Å². The molecular formula is C15H22N2O3. The molecule has 2 N–H and O–H groups in total. The van der Waals surface area contributed by atoms with Gasteiger partial charge in [0.05, 0.1) is 6.04 Å². The SMILES string of the molecule is CCC(N)C(=O)N(C)C(C)Cc1ccc2c(c1)OCO2. The predicted octanol–water partition coefficient (Wildman–Crippen LogP) is 1.54. The number of hydrogen-bond acceptors (Lipinski definition) is 4. The minimum Gasteiger partial charge on any atom is -0.454 e. The number of fused-ring (bicyclic) bond motifs is 1. The van der Waals surface area contributed by atoms with Gasteiger partial charge in [-0.05, 0) is 37.5 Å². The zero-order valence-corrected chi connectivity index (χ0v) is 12.3. The van der Waals surface area contributed by atoms with Crippen LogP contribution in [-0.4, -0.2) is 36.7 Å². The second-order valence-electron chi connectivity index (χ2n) is 5.20. The molecule has 0 bridgehead atoms. The Bertz CT molecular complexity index is 490. The van der Waals surface area contributed by atoms with Crippen molar-refractivity contribution in [3.05, 3.63) is 23.8 Å². The van der Waals surface area contributed by atoms with Crippen LogP contribution in [0.5, 0.6) is 11.5 Å². The second kappa shape index (κ2) is 6.13. The van der Waals surface area contributed by atoms with Crippen molar-refractivity contribution in [2.24, 2.45) is 5.73 Å². The van der Waals surface area contributed by atoms with E-state index in [0.29, 0.717) is 6.42 Å². The van der Waals surface area contributed by atoms with E-state index in [4.69, 9.17) is 15.2 Å². The van der Waals surface area contributed by atoms with Crippen LogP contribution in [0, 0.1) is 0 Å². The molecule has 0 aliphatic carbocycles. The fourth-order valence-electron chi connectivity index (χ4n) is 2.20. The first-order chi connectivity index (χ1) is 9.52. The summed E-state index contributed by atoms with van der Waals surface area (Å²) in [4.78, 5) is 13.8. The van der Waals surface area contributed by atoms with Gasteiger partial charge in [0.25, 0.3) is 0 Å². The molecule has 1 aromatic rings. The summed E-state index contributed by atoms with van der Waals surface area (Å²) in [5.41, 5.74) is 6.91. The van der Waals surface area contributed by atoms with Gasteiger partial charge in [0.1, 0.15) is 0 Å². The standard InChI is InChI=1S/C15H22N2O3/c1-4-12(16)15(18)17(3)10(2)7-11-5-6-13-14(8-11)20-9-19-13/h5-6,8,10,12H,4,7,9,16H2,1-3H3. The number of nitrogens with zero attached hydrogens (tertiary/aromatic N) is 1. The Labute approximate surface area is 119 Å². The van der Waals surface area contributed by atoms with Crippen molar-refractivity contribution >= 4 is 5.91 Å². The summed E-state index contributed by atoms with van der Waals surface area (Å²) in [6.07, 6.45) is 1.41. The van der Waals surface area contributed by atoms with Gasteiger partial charge in [-0.3, -0.25) is 4.79 Å². The molecule has 2 unspecified atom stereocenters. The molecule has 20 heavy (non-hydrogen) atoms. The quantitative estimate of drug-likeness (QED) is 0.887. The van der Waals surface area contributed by atoms with Crippen molar-refractivity contribution in [1.29, 1.82) is 0 Å². The highest BCUT2D eigenvalue weighted by atomic mass is 16.7. The van der Waals surface area contributed by atoms with Crippen LogP contribution >= 0.6 is 0 Å². The van der Waals surface area contributed by atoms with Crippen LogP contribution in [-0.2, 0) is 11.2 Å². The average Bonchev–Trinajstić information content (AvgIpc) is 2.92. The summed E-state index contributed by atoms with van der Waals surface area (Å²) in [5, 5.41) is 0. The Morgan fingerprint density at radius 1 is 1.40 bits per heavy atom. The molecular weight excluding hydrogens is 256 g/mol. The van der Waals surface area contributed by atoms with Crippen molar-refractivity contribution in [2.45, 2.75) is 38.8 Å². The van der Waals surface area contributed by atoms with Gasteiger partial charge in [-0.15, -0.1) is 0 Å². The fourth-order valence-corrected chi connectivity index (χ4v) is 2.20. The Morgan fingerprint density at radius 3 is 2.80 bits per heavy atom. The predicted molar refractivity (Wildman–Crippen MR) is 76.8 cm³/mol. The molecule has 0 aromatic heterocycles. The lowest BCUT2D eigenvalue weighted by molar-refractivity contribution is -0.133. The number of likely N-dealkylation sites (N-methyl/N-ethyl adjacent to an activating group) is 1. The van der Waals surface area contributed by atoms with E-state index in [1.807, 2.05) is 32.0 Å². The summed E-state index contributed by atoms with van der Waals surface area (Å²) in [6.45, 7) is 4.21. The van der Waals surface area contributed by atoms with Crippen LogP contribution in [0.1, 0.15) is 25.8 Å². The van der Waals surface area contributed by atoms with Crippen LogP contribution in [0.3, 0.4) is 0 Å². The van der Waals surface area contributed by atoms with Gasteiger partial charge < -0.3 is 20.1 Å². The highest BCUT2D eigenvalue weighted by Gasteiger charge is 2.21. The van der Waals surface area contributed by atoms with Crippen LogP contribution < -0.4 is 15.2 Å². The van der Waals surface area contributed by atoms with E-state index in [1.165, 1.54) is 0 Å². The van der Waals surface area contributed by atoms with Gasteiger partial charge in [0.15, 0.2) is 11.5 Å². The maximum absolute atomic E-state index is 12.0. The van der Waals surface area contributed by atoms with Gasteiger partial charge in [-0.1, -0.05) is 13.0 Å². The van der Waals surface area contributed by atoms with Crippen molar-refractivity contribution in [2.75, 3.05) is 13.8 Å². The number of ether oxygens (including phenoxy) is 2. The highest BCUT2D eigenvalue weighted by Crippen LogP contribution is 2.32. The number of rotatable bonds is 5. The topological polar surface area (TPSA) is 64.8 Å². The normalized spacial score (nSPS) is 15.8. The first-order valence-corrected chi connectivity index (χ1v) is 6.93. The number of nitrogens with two attached hydrogens (primary N) is 1. The first kappa shape index (κ1) is 14.7. The van der Waals surface area contributed by atoms with Gasteiger partial charge in [-0.25, -0.2) is 0 Å². The molecule has 0 saturated carbocycles. The molecule has 0 spiro atoms. The Kier molecular flexibility index (Phi) is 4.49. The highest BCUT2D eigenvalue weighted by molar-refractivity contribution is 5.81. The van der Waals surface area contributed by atoms with E-state index < -0.39 is 6.04 Å². The number of amides is 1. The smallest absolute Gasteiger partial charge is 0.239 e. The van der Waals surface area contributed by atoms with Crippen LogP contribution in [0.25, 0.3) is 0 Å². The molecule has 2 rings (SSSR count). The second-order valence-corrected chi connectivity index (χ2v) is 5.20. The lowest BCUT2D eigenvalue weighted by Crippen LogP contribution is -2.45. The summed E-state index contributed by atoms with van der Waals surface area (Å²) < 4.78 is 10.6. The third kappa shape index (κ3) is 3.04. The van der Waals surface area contributed by atoms with E-state index in [1.54, 1.807) is 11.9 Å². The minimum absolute atomic E-state index is 0.0132. The Morgan fingerprint density at radius 2 is 2.10 bits per heavy atom. The zero-order valence-electron chi connectivity index (χ0n) is 12.3. The molecule has 2 atom stereocenters. The number of benzene rings is 1. The third-order valence-electron chi connectivity index (χ3n) is 3.73. The molecule has 110 valence electrons. The van der Waals surface area contributed by atoms with Crippen LogP contribution in [0.15, 0.2) is 18.2 Å².